The van der Waals surface area contributed by atoms with E-state index >= 15 is 0 Å². The number of carbonyl (C=O) groups is 2. The lowest BCUT2D eigenvalue weighted by Gasteiger charge is -2.16. The van der Waals surface area contributed by atoms with E-state index in [0.29, 0.717) is 24.2 Å². The molecule has 32 heavy (non-hydrogen) atoms. The van der Waals surface area contributed by atoms with Gasteiger partial charge in [-0.1, -0.05) is 0 Å². The summed E-state index contributed by atoms with van der Waals surface area (Å²) >= 11 is 0. The molecular weight excluding hydrogens is 454 g/mol. The Kier molecular flexibility index (Phi) is 6.06. The molecule has 0 aliphatic carbocycles. The number of benzene rings is 2. The van der Waals surface area contributed by atoms with Crippen molar-refractivity contribution in [1.82, 2.24) is 4.72 Å². The SMILES string of the molecule is O=C(Nc1ccc(S(=O)(=O)NC2CCS(=O)(=O)C2)cc1)c1ccc(N2CCCC2=O)cc1. The van der Waals surface area contributed by atoms with Crippen LogP contribution < -0.4 is 14.9 Å². The van der Waals surface area contributed by atoms with Crippen molar-refractivity contribution in [2.45, 2.75) is 30.2 Å². The minimum atomic E-state index is -3.87. The lowest BCUT2D eigenvalue weighted by Crippen LogP contribution is -2.35. The first kappa shape index (κ1) is 22.4. The number of nitrogens with one attached hydrogen (secondary N) is 2. The van der Waals surface area contributed by atoms with Gasteiger partial charge in [-0.05, 0) is 61.4 Å². The molecule has 2 heterocycles. The van der Waals surface area contributed by atoms with Gasteiger partial charge in [0.15, 0.2) is 9.84 Å². The number of sulfone groups is 1. The third-order valence-corrected chi connectivity index (χ3v) is 8.80. The van der Waals surface area contributed by atoms with Gasteiger partial charge >= 0.3 is 0 Å². The van der Waals surface area contributed by atoms with E-state index in [1.807, 2.05) is 0 Å². The average molecular weight is 478 g/mol. The maximum absolute atomic E-state index is 12.5. The van der Waals surface area contributed by atoms with Crippen LogP contribution >= 0.6 is 0 Å². The number of rotatable bonds is 6. The summed E-state index contributed by atoms with van der Waals surface area (Å²) in [5.41, 5.74) is 1.57. The lowest BCUT2D eigenvalue weighted by atomic mass is 10.1. The molecule has 1 unspecified atom stereocenters. The van der Waals surface area contributed by atoms with Gasteiger partial charge in [-0.3, -0.25) is 9.59 Å². The molecule has 9 nitrogen and oxygen atoms in total. The van der Waals surface area contributed by atoms with E-state index in [4.69, 9.17) is 0 Å². The molecule has 2 aliphatic heterocycles. The van der Waals surface area contributed by atoms with Crippen molar-refractivity contribution in [2.24, 2.45) is 0 Å². The van der Waals surface area contributed by atoms with Crippen molar-refractivity contribution in [3.63, 3.8) is 0 Å². The Bertz CT molecular complexity index is 1240. The van der Waals surface area contributed by atoms with E-state index in [1.54, 1.807) is 29.2 Å². The number of anilines is 2. The third kappa shape index (κ3) is 5.00. The number of carbonyl (C=O) groups excluding carboxylic acids is 2. The predicted molar refractivity (Wildman–Crippen MR) is 120 cm³/mol. The highest BCUT2D eigenvalue weighted by atomic mass is 32.2. The minimum Gasteiger partial charge on any atom is -0.322 e. The van der Waals surface area contributed by atoms with E-state index in [1.165, 1.54) is 24.3 Å². The van der Waals surface area contributed by atoms with Crippen LogP contribution in [0.25, 0.3) is 0 Å². The predicted octanol–water partition coefficient (Wildman–Crippen LogP) is 1.53. The van der Waals surface area contributed by atoms with Crippen LogP contribution in [0.3, 0.4) is 0 Å². The van der Waals surface area contributed by atoms with Crippen LogP contribution in [-0.2, 0) is 24.7 Å². The summed E-state index contributed by atoms with van der Waals surface area (Å²) in [7, 11) is -7.07. The van der Waals surface area contributed by atoms with Gasteiger partial charge in [-0.2, -0.15) is 0 Å². The molecule has 1 atom stereocenters. The average Bonchev–Trinajstić information content (AvgIpc) is 3.32. The largest absolute Gasteiger partial charge is 0.322 e. The van der Waals surface area contributed by atoms with Crippen LogP contribution in [0.1, 0.15) is 29.6 Å². The molecule has 2 amide bonds. The summed E-state index contributed by atoms with van der Waals surface area (Å²) in [5.74, 6) is -0.526. The third-order valence-electron chi connectivity index (χ3n) is 5.49. The van der Waals surface area contributed by atoms with Crippen LogP contribution in [0.2, 0.25) is 0 Å². The summed E-state index contributed by atoms with van der Waals surface area (Å²) in [6, 6.07) is 11.7. The van der Waals surface area contributed by atoms with Crippen LogP contribution in [-0.4, -0.2) is 52.7 Å². The quantitative estimate of drug-likeness (QED) is 0.649. The lowest BCUT2D eigenvalue weighted by molar-refractivity contribution is -0.117. The van der Waals surface area contributed by atoms with E-state index in [0.717, 1.165) is 12.1 Å². The molecule has 2 aromatic rings. The van der Waals surface area contributed by atoms with Crippen molar-refractivity contribution in [2.75, 3.05) is 28.3 Å². The van der Waals surface area contributed by atoms with Gasteiger partial charge in [-0.15, -0.1) is 0 Å². The molecule has 170 valence electrons. The smallest absolute Gasteiger partial charge is 0.255 e. The number of nitrogens with zero attached hydrogens (tertiary/aromatic N) is 1. The first-order chi connectivity index (χ1) is 15.1. The molecular formula is C21H23N3O6S2. The first-order valence-electron chi connectivity index (χ1n) is 10.2. The van der Waals surface area contributed by atoms with E-state index in [2.05, 4.69) is 10.0 Å². The van der Waals surface area contributed by atoms with Gasteiger partial charge in [0.2, 0.25) is 15.9 Å². The minimum absolute atomic E-state index is 0.0144. The van der Waals surface area contributed by atoms with Gasteiger partial charge in [-0.25, -0.2) is 21.6 Å². The summed E-state index contributed by atoms with van der Waals surface area (Å²) in [6.07, 6.45) is 1.60. The van der Waals surface area contributed by atoms with Crippen LogP contribution in [0.15, 0.2) is 53.4 Å². The van der Waals surface area contributed by atoms with Gasteiger partial charge in [0.1, 0.15) is 0 Å². The van der Waals surface area contributed by atoms with E-state index < -0.39 is 25.9 Å². The van der Waals surface area contributed by atoms with Crippen molar-refractivity contribution in [3.05, 3.63) is 54.1 Å². The Morgan fingerprint density at radius 1 is 1.03 bits per heavy atom. The highest BCUT2D eigenvalue weighted by Gasteiger charge is 2.31. The maximum atomic E-state index is 12.5. The second-order valence-corrected chi connectivity index (χ2v) is 11.8. The first-order valence-corrected chi connectivity index (χ1v) is 13.5. The molecule has 0 bridgehead atoms. The molecule has 0 saturated carbocycles. The second-order valence-electron chi connectivity index (χ2n) is 7.90. The summed E-state index contributed by atoms with van der Waals surface area (Å²) in [6.45, 7) is 0.672. The van der Waals surface area contributed by atoms with Gasteiger partial charge in [0.05, 0.1) is 16.4 Å². The molecule has 0 aromatic heterocycles. The molecule has 2 N–H and O–H groups in total. The monoisotopic (exact) mass is 477 g/mol. The van der Waals surface area contributed by atoms with Crippen molar-refractivity contribution < 1.29 is 26.4 Å². The van der Waals surface area contributed by atoms with Crippen molar-refractivity contribution >= 4 is 43.0 Å². The number of sulfonamides is 1. The zero-order chi connectivity index (χ0) is 22.9. The Morgan fingerprint density at radius 3 is 2.28 bits per heavy atom. The zero-order valence-electron chi connectivity index (χ0n) is 17.2. The van der Waals surface area contributed by atoms with Gasteiger partial charge in [0, 0.05) is 35.9 Å². The summed E-state index contributed by atoms with van der Waals surface area (Å²) < 4.78 is 50.5. The van der Waals surface area contributed by atoms with Crippen LogP contribution in [0.4, 0.5) is 11.4 Å². The van der Waals surface area contributed by atoms with E-state index in [-0.39, 0.29) is 34.6 Å². The van der Waals surface area contributed by atoms with Crippen LogP contribution in [0, 0.1) is 0 Å². The Balaban J connectivity index is 1.39. The molecule has 11 heteroatoms. The fraction of sp³-hybridized carbons (Fsp3) is 0.333. The van der Waals surface area contributed by atoms with Gasteiger partial charge in [0.25, 0.3) is 5.91 Å². The number of hydrogen-bond acceptors (Lipinski definition) is 6. The van der Waals surface area contributed by atoms with Crippen LogP contribution in [0.5, 0.6) is 0 Å². The molecule has 2 saturated heterocycles. The molecule has 2 fully saturated rings. The van der Waals surface area contributed by atoms with Crippen molar-refractivity contribution in [1.29, 1.82) is 0 Å². The van der Waals surface area contributed by atoms with Gasteiger partial charge < -0.3 is 10.2 Å². The molecule has 0 radical (unpaired) electrons. The topological polar surface area (TPSA) is 130 Å². The number of amides is 2. The summed E-state index contributed by atoms with van der Waals surface area (Å²) in [5, 5.41) is 2.70. The standard InChI is InChI=1S/C21H23N3O6S2/c25-20-2-1-12-24(20)18-7-3-15(4-8-18)21(26)22-16-5-9-19(10-6-16)32(29,30)23-17-11-13-31(27,28)14-17/h3-10,17,23H,1-2,11-14H2,(H,22,26). The fourth-order valence-electron chi connectivity index (χ4n) is 3.81. The fourth-order valence-corrected chi connectivity index (χ4v) is 6.86. The second kappa shape index (κ2) is 8.64. The maximum Gasteiger partial charge on any atom is 0.255 e. The molecule has 0 spiro atoms. The Hall–Kier alpha value is -2.76. The zero-order valence-corrected chi connectivity index (χ0v) is 18.8. The number of hydrogen-bond donors (Lipinski definition) is 2. The van der Waals surface area contributed by atoms with Crippen molar-refractivity contribution in [3.8, 4) is 0 Å². The van der Waals surface area contributed by atoms with E-state index in [9.17, 15) is 26.4 Å². The Morgan fingerprint density at radius 2 is 1.72 bits per heavy atom. The summed E-state index contributed by atoms with van der Waals surface area (Å²) in [4.78, 5) is 26.0. The normalized spacial score (nSPS) is 20.4. The Labute approximate surface area is 186 Å². The highest BCUT2D eigenvalue weighted by molar-refractivity contribution is 7.92. The highest BCUT2D eigenvalue weighted by Crippen LogP contribution is 2.22. The molecule has 2 aliphatic rings. The molecule has 4 rings (SSSR count). The molecule has 2 aromatic carbocycles.